The van der Waals surface area contributed by atoms with Gasteiger partial charge in [-0.25, -0.2) is 0 Å². The van der Waals surface area contributed by atoms with E-state index in [1.165, 1.54) is 12.1 Å². The van der Waals surface area contributed by atoms with Crippen LogP contribution in [0.2, 0.25) is 0 Å². The maximum absolute atomic E-state index is 12.7. The van der Waals surface area contributed by atoms with Crippen molar-refractivity contribution in [3.05, 3.63) is 76.5 Å². The summed E-state index contributed by atoms with van der Waals surface area (Å²) in [6, 6.07) is 16.7. The van der Waals surface area contributed by atoms with Gasteiger partial charge in [0.1, 0.15) is 5.76 Å². The molecule has 1 saturated heterocycles. The molecule has 0 bridgehead atoms. The van der Waals surface area contributed by atoms with Gasteiger partial charge in [-0.2, -0.15) is 0 Å². The first-order valence-corrected chi connectivity index (χ1v) is 11.4. The zero-order chi connectivity index (χ0) is 25.2. The molecule has 1 fully saturated rings. The molecule has 35 heavy (non-hydrogen) atoms. The smallest absolute Gasteiger partial charge is 0.291 e. The van der Waals surface area contributed by atoms with E-state index in [2.05, 4.69) is 10.2 Å². The van der Waals surface area contributed by atoms with E-state index >= 15 is 0 Å². The highest BCUT2D eigenvalue weighted by Crippen LogP contribution is 2.31. The van der Waals surface area contributed by atoms with Crippen molar-refractivity contribution in [3.8, 4) is 11.3 Å². The van der Waals surface area contributed by atoms with E-state index in [9.17, 15) is 19.7 Å². The second-order valence-corrected chi connectivity index (χ2v) is 9.47. The van der Waals surface area contributed by atoms with Crippen LogP contribution in [-0.2, 0) is 4.79 Å². The van der Waals surface area contributed by atoms with Gasteiger partial charge in [-0.1, -0.05) is 32.9 Å². The van der Waals surface area contributed by atoms with E-state index in [0.29, 0.717) is 24.3 Å². The van der Waals surface area contributed by atoms with Crippen molar-refractivity contribution >= 4 is 28.9 Å². The Morgan fingerprint density at radius 2 is 1.60 bits per heavy atom. The van der Waals surface area contributed by atoms with E-state index in [4.69, 9.17) is 4.42 Å². The Labute approximate surface area is 203 Å². The minimum absolute atomic E-state index is 0.0573. The molecule has 0 aliphatic carbocycles. The minimum atomic E-state index is -0.485. The second-order valence-electron chi connectivity index (χ2n) is 9.47. The summed E-state index contributed by atoms with van der Waals surface area (Å²) < 4.78 is 5.61. The number of piperazine rings is 1. The number of hydrogen-bond donors (Lipinski definition) is 1. The molecule has 9 nitrogen and oxygen atoms in total. The number of hydrogen-bond acceptors (Lipinski definition) is 6. The van der Waals surface area contributed by atoms with Gasteiger partial charge in [-0.05, 0) is 42.5 Å². The molecule has 0 atom stereocenters. The number of nitrogens with one attached hydrogen (secondary N) is 1. The normalized spacial score (nSPS) is 14.0. The molecular weight excluding hydrogens is 448 g/mol. The summed E-state index contributed by atoms with van der Waals surface area (Å²) in [5, 5.41) is 14.1. The van der Waals surface area contributed by atoms with Gasteiger partial charge in [0.05, 0.1) is 10.5 Å². The van der Waals surface area contributed by atoms with E-state index < -0.39 is 10.8 Å². The highest BCUT2D eigenvalue weighted by molar-refractivity contribution is 6.02. The maximum Gasteiger partial charge on any atom is 0.291 e. The Hall–Kier alpha value is -4.14. The zero-order valence-corrected chi connectivity index (χ0v) is 20.0. The molecule has 2 amide bonds. The molecule has 9 heteroatoms. The van der Waals surface area contributed by atoms with E-state index in [1.807, 2.05) is 49.9 Å². The van der Waals surface area contributed by atoms with Crippen LogP contribution < -0.4 is 10.2 Å². The summed E-state index contributed by atoms with van der Waals surface area (Å²) >= 11 is 0. The van der Waals surface area contributed by atoms with Gasteiger partial charge < -0.3 is 19.5 Å². The fraction of sp³-hybridized carbons (Fsp3) is 0.308. The lowest BCUT2D eigenvalue weighted by molar-refractivity contribution is -0.384. The Bertz CT molecular complexity index is 1240. The molecule has 0 radical (unpaired) electrons. The van der Waals surface area contributed by atoms with Gasteiger partial charge in [0.15, 0.2) is 5.76 Å². The van der Waals surface area contributed by atoms with Crippen LogP contribution in [-0.4, -0.2) is 47.8 Å². The third-order valence-electron chi connectivity index (χ3n) is 5.89. The van der Waals surface area contributed by atoms with Crippen molar-refractivity contribution < 1.29 is 18.9 Å². The van der Waals surface area contributed by atoms with Crippen LogP contribution in [0, 0.1) is 15.5 Å². The molecule has 182 valence electrons. The van der Waals surface area contributed by atoms with Crippen molar-refractivity contribution in [3.63, 3.8) is 0 Å². The van der Waals surface area contributed by atoms with Crippen LogP contribution in [0.3, 0.4) is 0 Å². The first-order chi connectivity index (χ1) is 16.6. The maximum atomic E-state index is 12.7. The number of benzene rings is 2. The first kappa shape index (κ1) is 24.0. The fourth-order valence-electron chi connectivity index (χ4n) is 4.04. The molecule has 0 unspecified atom stereocenters. The van der Waals surface area contributed by atoms with Gasteiger partial charge in [-0.15, -0.1) is 0 Å². The third-order valence-corrected chi connectivity index (χ3v) is 5.89. The first-order valence-electron chi connectivity index (χ1n) is 11.4. The topological polar surface area (TPSA) is 109 Å². The van der Waals surface area contributed by atoms with Gasteiger partial charge in [0.2, 0.25) is 5.91 Å². The molecule has 1 N–H and O–H groups in total. The number of nitrogens with zero attached hydrogens (tertiary/aromatic N) is 3. The number of furan rings is 1. The van der Waals surface area contributed by atoms with Crippen LogP contribution in [0.1, 0.15) is 31.3 Å². The number of nitro benzene ring substituents is 1. The van der Waals surface area contributed by atoms with Crippen molar-refractivity contribution in [2.75, 3.05) is 36.4 Å². The molecule has 2 heterocycles. The number of rotatable bonds is 5. The average molecular weight is 477 g/mol. The Morgan fingerprint density at radius 3 is 2.23 bits per heavy atom. The number of amides is 2. The summed E-state index contributed by atoms with van der Waals surface area (Å²) in [4.78, 5) is 40.0. The lowest BCUT2D eigenvalue weighted by Crippen LogP contribution is -2.51. The van der Waals surface area contributed by atoms with E-state index in [0.717, 1.165) is 18.8 Å². The average Bonchev–Trinajstić information content (AvgIpc) is 3.34. The molecule has 0 spiro atoms. The lowest BCUT2D eigenvalue weighted by Gasteiger charge is -2.38. The fourth-order valence-corrected chi connectivity index (χ4v) is 4.04. The summed E-state index contributed by atoms with van der Waals surface area (Å²) in [6.07, 6.45) is 0. The number of para-hydroxylation sites is 1. The highest BCUT2D eigenvalue weighted by Gasteiger charge is 2.29. The largest absolute Gasteiger partial charge is 0.451 e. The summed E-state index contributed by atoms with van der Waals surface area (Å²) in [5.74, 6) is 0.0267. The molecule has 3 aromatic rings. The number of carbonyl (C=O) groups excluding carboxylic acids is 2. The molecule has 4 rings (SSSR count). The van der Waals surface area contributed by atoms with Gasteiger partial charge in [0.25, 0.3) is 11.6 Å². The van der Waals surface area contributed by atoms with Gasteiger partial charge >= 0.3 is 0 Å². The molecule has 0 saturated carbocycles. The standard InChI is InChI=1S/C26H28N4O5/c1-26(2,3)25(32)29-16-14-28(15-17-29)19-10-8-18(9-11-19)27-24(31)23-13-12-22(35-23)20-6-4-5-7-21(20)30(33)34/h4-13H,14-17H2,1-3H3,(H,27,31). The summed E-state index contributed by atoms with van der Waals surface area (Å²) in [5.41, 5.74) is 1.46. The molecule has 1 aromatic heterocycles. The van der Waals surface area contributed by atoms with Crippen LogP contribution >= 0.6 is 0 Å². The number of nitro groups is 1. The molecular formula is C26H28N4O5. The van der Waals surface area contributed by atoms with Crippen LogP contribution in [0.25, 0.3) is 11.3 Å². The van der Waals surface area contributed by atoms with Crippen LogP contribution in [0.4, 0.5) is 17.1 Å². The van der Waals surface area contributed by atoms with Crippen LogP contribution in [0.5, 0.6) is 0 Å². The Morgan fingerprint density at radius 1 is 0.943 bits per heavy atom. The Kier molecular flexibility index (Phi) is 6.59. The number of anilines is 2. The quantitative estimate of drug-likeness (QED) is 0.418. The minimum Gasteiger partial charge on any atom is -0.451 e. The molecule has 1 aliphatic heterocycles. The van der Waals surface area contributed by atoms with Crippen molar-refractivity contribution in [2.24, 2.45) is 5.41 Å². The zero-order valence-electron chi connectivity index (χ0n) is 20.0. The van der Waals surface area contributed by atoms with E-state index in [1.54, 1.807) is 24.3 Å². The molecule has 1 aliphatic rings. The van der Waals surface area contributed by atoms with Crippen molar-refractivity contribution in [1.82, 2.24) is 4.90 Å². The molecule has 2 aromatic carbocycles. The summed E-state index contributed by atoms with van der Waals surface area (Å²) in [6.45, 7) is 8.64. The van der Waals surface area contributed by atoms with Crippen LogP contribution in [0.15, 0.2) is 65.1 Å². The monoisotopic (exact) mass is 476 g/mol. The Balaban J connectivity index is 1.37. The summed E-state index contributed by atoms with van der Waals surface area (Å²) in [7, 11) is 0. The SMILES string of the molecule is CC(C)(C)C(=O)N1CCN(c2ccc(NC(=O)c3ccc(-c4ccccc4[N+](=O)[O-])o3)cc2)CC1. The second kappa shape index (κ2) is 9.61. The van der Waals surface area contributed by atoms with Crippen molar-refractivity contribution in [2.45, 2.75) is 20.8 Å². The van der Waals surface area contributed by atoms with Crippen molar-refractivity contribution in [1.29, 1.82) is 0 Å². The predicted octanol–water partition coefficient (Wildman–Crippen LogP) is 4.80. The van der Waals surface area contributed by atoms with Gasteiger partial charge in [0, 0.05) is 49.0 Å². The van der Waals surface area contributed by atoms with Gasteiger partial charge in [-0.3, -0.25) is 19.7 Å². The highest BCUT2D eigenvalue weighted by atomic mass is 16.6. The predicted molar refractivity (Wildman–Crippen MR) is 133 cm³/mol. The lowest BCUT2D eigenvalue weighted by atomic mass is 9.94. The van der Waals surface area contributed by atoms with E-state index in [-0.39, 0.29) is 28.5 Å². The number of carbonyl (C=O) groups is 2. The third kappa shape index (κ3) is 5.34.